The zero-order chi connectivity index (χ0) is 23.8. The Hall–Kier alpha value is -2.65. The molecule has 0 bridgehead atoms. The van der Waals surface area contributed by atoms with Crippen LogP contribution in [0.5, 0.6) is 0 Å². The summed E-state index contributed by atoms with van der Waals surface area (Å²) in [4.78, 5) is 27.8. The minimum atomic E-state index is -1.20. The van der Waals surface area contributed by atoms with Crippen LogP contribution in [0, 0.1) is 11.3 Å². The maximum Gasteiger partial charge on any atom is 0.245 e. The lowest BCUT2D eigenvalue weighted by Crippen LogP contribution is -2.57. The van der Waals surface area contributed by atoms with Gasteiger partial charge in [0.25, 0.3) is 0 Å². The number of benzene rings is 1. The maximum atomic E-state index is 13.2. The van der Waals surface area contributed by atoms with Crippen LogP contribution in [-0.4, -0.2) is 59.0 Å². The number of hydrogen-bond donors (Lipinski definition) is 6. The van der Waals surface area contributed by atoms with Gasteiger partial charge in [0, 0.05) is 19.1 Å². The fourth-order valence-corrected chi connectivity index (χ4v) is 4.84. The van der Waals surface area contributed by atoms with E-state index in [1.54, 1.807) is 29.2 Å². The van der Waals surface area contributed by atoms with Gasteiger partial charge in [0.05, 0.1) is 6.04 Å². The van der Waals surface area contributed by atoms with E-state index in [1.165, 1.54) is 19.3 Å². The third-order valence-corrected chi connectivity index (χ3v) is 6.87. The molecule has 2 aliphatic rings. The van der Waals surface area contributed by atoms with Gasteiger partial charge in [-0.3, -0.25) is 15.0 Å². The zero-order valence-corrected chi connectivity index (χ0v) is 19.2. The van der Waals surface area contributed by atoms with Crippen LogP contribution in [0.25, 0.3) is 0 Å². The molecule has 1 unspecified atom stereocenters. The molecule has 8 N–H and O–H groups in total. The monoisotopic (exact) mass is 458 g/mol. The molecule has 1 aliphatic heterocycles. The van der Waals surface area contributed by atoms with Crippen molar-refractivity contribution in [2.24, 2.45) is 17.4 Å². The molecule has 1 aromatic rings. The number of aliphatic hydroxyl groups is 1. The van der Waals surface area contributed by atoms with Crippen molar-refractivity contribution in [3.8, 4) is 0 Å². The van der Waals surface area contributed by atoms with Gasteiger partial charge in [-0.25, -0.2) is 0 Å². The van der Waals surface area contributed by atoms with E-state index >= 15 is 0 Å². The molecule has 1 heterocycles. The highest BCUT2D eigenvalue weighted by Crippen LogP contribution is 2.27. The van der Waals surface area contributed by atoms with Crippen molar-refractivity contribution in [1.82, 2.24) is 15.5 Å². The first-order valence-electron chi connectivity index (χ1n) is 12.0. The molecular formula is C24H38N6O3. The van der Waals surface area contributed by atoms with Crippen LogP contribution in [0.1, 0.15) is 63.0 Å². The van der Waals surface area contributed by atoms with Gasteiger partial charge in [-0.2, -0.15) is 0 Å². The fourth-order valence-electron chi connectivity index (χ4n) is 4.84. The molecule has 3 atom stereocenters. The van der Waals surface area contributed by atoms with Crippen LogP contribution in [0.2, 0.25) is 0 Å². The van der Waals surface area contributed by atoms with Crippen LogP contribution >= 0.6 is 0 Å². The maximum absolute atomic E-state index is 13.2. The molecule has 0 spiro atoms. The first-order chi connectivity index (χ1) is 15.8. The number of nitrogens with zero attached hydrogens (tertiary/aromatic N) is 1. The second-order valence-corrected chi connectivity index (χ2v) is 9.34. The molecule has 1 aliphatic carbocycles. The Bertz CT molecular complexity index is 791. The Labute approximate surface area is 195 Å². The van der Waals surface area contributed by atoms with Gasteiger partial charge in [-0.15, -0.1) is 0 Å². The van der Waals surface area contributed by atoms with Crippen molar-refractivity contribution in [1.29, 1.82) is 5.41 Å². The SMILES string of the molecule is N=C(N)N1CCC(NC(=O)[C@H](NC(=O)C(N)CC2CCCCC2)[C@H](O)c2ccccc2)CC1. The molecule has 0 aromatic heterocycles. The zero-order valence-electron chi connectivity index (χ0n) is 19.2. The summed E-state index contributed by atoms with van der Waals surface area (Å²) in [5, 5.41) is 24.2. The fraction of sp³-hybridized carbons (Fsp3) is 0.625. The first-order valence-corrected chi connectivity index (χ1v) is 12.0. The standard InChI is InChI=1S/C24H38N6O3/c25-19(15-16-7-3-1-4-8-16)22(32)29-20(21(31)17-9-5-2-6-10-17)23(33)28-18-11-13-30(14-12-18)24(26)27/h2,5-6,9-10,16,18-21,31H,1,3-4,7-8,11-15,25H2,(H3,26,27)(H,28,33)(H,29,32)/t19?,20-,21-/m1/s1. The number of likely N-dealkylation sites (tertiary alicyclic amines) is 1. The predicted octanol–water partition coefficient (Wildman–Crippen LogP) is 0.977. The third-order valence-electron chi connectivity index (χ3n) is 6.87. The number of nitrogens with two attached hydrogens (primary N) is 2. The highest BCUT2D eigenvalue weighted by Gasteiger charge is 2.33. The number of rotatable bonds is 8. The molecule has 3 rings (SSSR count). The van der Waals surface area contributed by atoms with E-state index in [0.717, 1.165) is 12.8 Å². The second kappa shape index (κ2) is 12.0. The minimum absolute atomic E-state index is 0.0244. The van der Waals surface area contributed by atoms with E-state index in [0.29, 0.717) is 43.8 Å². The van der Waals surface area contributed by atoms with Gasteiger partial charge in [0.1, 0.15) is 12.1 Å². The minimum Gasteiger partial charge on any atom is -0.386 e. The molecular weight excluding hydrogens is 420 g/mol. The summed E-state index contributed by atoms with van der Waals surface area (Å²) in [6.07, 6.45) is 6.38. The number of aliphatic hydroxyl groups excluding tert-OH is 1. The Morgan fingerprint density at radius 1 is 1.06 bits per heavy atom. The van der Waals surface area contributed by atoms with Crippen LogP contribution < -0.4 is 22.1 Å². The van der Waals surface area contributed by atoms with E-state index in [1.807, 2.05) is 6.07 Å². The van der Waals surface area contributed by atoms with Crippen molar-refractivity contribution in [3.05, 3.63) is 35.9 Å². The average molecular weight is 459 g/mol. The first kappa shape index (κ1) is 25.0. The van der Waals surface area contributed by atoms with E-state index < -0.39 is 30.0 Å². The molecule has 0 radical (unpaired) electrons. The van der Waals surface area contributed by atoms with Gasteiger partial charge >= 0.3 is 0 Å². The number of nitrogens with one attached hydrogen (secondary N) is 3. The van der Waals surface area contributed by atoms with E-state index in [-0.39, 0.29) is 12.0 Å². The Morgan fingerprint density at radius 2 is 1.70 bits per heavy atom. The van der Waals surface area contributed by atoms with Gasteiger partial charge in [-0.05, 0) is 30.7 Å². The average Bonchev–Trinajstić information content (AvgIpc) is 2.83. The van der Waals surface area contributed by atoms with Crippen LogP contribution in [-0.2, 0) is 9.59 Å². The van der Waals surface area contributed by atoms with Crippen LogP contribution in [0.15, 0.2) is 30.3 Å². The third kappa shape index (κ3) is 7.17. The van der Waals surface area contributed by atoms with Crippen molar-refractivity contribution >= 4 is 17.8 Å². The number of carbonyl (C=O) groups is 2. The van der Waals surface area contributed by atoms with Crippen molar-refractivity contribution in [3.63, 3.8) is 0 Å². The topological polar surface area (TPSA) is 158 Å². The van der Waals surface area contributed by atoms with E-state index in [4.69, 9.17) is 16.9 Å². The highest BCUT2D eigenvalue weighted by molar-refractivity contribution is 5.90. The molecule has 33 heavy (non-hydrogen) atoms. The smallest absolute Gasteiger partial charge is 0.245 e. The van der Waals surface area contributed by atoms with E-state index in [2.05, 4.69) is 10.6 Å². The summed E-state index contributed by atoms with van der Waals surface area (Å²) in [6.45, 7) is 1.15. The Kier molecular flexibility index (Phi) is 9.08. The summed E-state index contributed by atoms with van der Waals surface area (Å²) >= 11 is 0. The molecule has 9 heteroatoms. The summed E-state index contributed by atoms with van der Waals surface area (Å²) in [7, 11) is 0. The molecule has 9 nitrogen and oxygen atoms in total. The lowest BCUT2D eigenvalue weighted by Gasteiger charge is -2.34. The second-order valence-electron chi connectivity index (χ2n) is 9.34. The summed E-state index contributed by atoms with van der Waals surface area (Å²) in [6, 6.07) is 6.85. The summed E-state index contributed by atoms with van der Waals surface area (Å²) in [5.41, 5.74) is 12.3. The largest absolute Gasteiger partial charge is 0.386 e. The summed E-state index contributed by atoms with van der Waals surface area (Å²) in [5.74, 6) is -0.401. The normalized spacial score (nSPS) is 20.5. The Balaban J connectivity index is 1.64. The van der Waals surface area contributed by atoms with Crippen molar-refractivity contribution in [2.75, 3.05) is 13.1 Å². The van der Waals surface area contributed by atoms with Crippen LogP contribution in [0.3, 0.4) is 0 Å². The predicted molar refractivity (Wildman–Crippen MR) is 127 cm³/mol. The van der Waals surface area contributed by atoms with Gasteiger partial charge in [-0.1, -0.05) is 62.4 Å². The van der Waals surface area contributed by atoms with Crippen molar-refractivity contribution < 1.29 is 14.7 Å². The number of guanidine groups is 1. The molecule has 1 saturated heterocycles. The molecule has 1 aromatic carbocycles. The highest BCUT2D eigenvalue weighted by atomic mass is 16.3. The molecule has 2 amide bonds. The lowest BCUT2D eigenvalue weighted by molar-refractivity contribution is -0.133. The van der Waals surface area contributed by atoms with Crippen LogP contribution in [0.4, 0.5) is 0 Å². The molecule has 2 fully saturated rings. The lowest BCUT2D eigenvalue weighted by atomic mass is 9.85. The van der Waals surface area contributed by atoms with Gasteiger partial charge < -0.3 is 32.1 Å². The van der Waals surface area contributed by atoms with E-state index in [9.17, 15) is 14.7 Å². The van der Waals surface area contributed by atoms with Crippen molar-refractivity contribution in [2.45, 2.75) is 75.6 Å². The number of hydrogen-bond acceptors (Lipinski definition) is 5. The number of amides is 2. The number of piperidine rings is 1. The van der Waals surface area contributed by atoms with Gasteiger partial charge in [0.15, 0.2) is 5.96 Å². The van der Waals surface area contributed by atoms with Gasteiger partial charge in [0.2, 0.25) is 11.8 Å². The number of carbonyl (C=O) groups excluding carboxylic acids is 2. The molecule has 182 valence electrons. The quantitative estimate of drug-likeness (QED) is 0.252. The summed E-state index contributed by atoms with van der Waals surface area (Å²) < 4.78 is 0. The molecule has 1 saturated carbocycles. The Morgan fingerprint density at radius 3 is 2.30 bits per heavy atom.